The Balaban J connectivity index is 1.67. The number of carbonyl (C=O) groups excluding carboxylic acids is 1. The van der Waals surface area contributed by atoms with Crippen LogP contribution < -0.4 is 4.90 Å². The van der Waals surface area contributed by atoms with Crippen molar-refractivity contribution in [2.24, 2.45) is 0 Å². The first-order valence-corrected chi connectivity index (χ1v) is 7.53. The molecule has 2 aromatic rings. The highest BCUT2D eigenvalue weighted by atomic mass is 16.5. The summed E-state index contributed by atoms with van der Waals surface area (Å²) in [5.41, 5.74) is 2.89. The Hall–Kier alpha value is -2.39. The standard InChI is InChI=1S/C19H19NO2/c21-19(11-6-16-4-2-1-3-5-16)17-7-9-18(10-8-17)20-12-14-22-15-13-20/h1-11H,12-15H2/b11-6+. The zero-order chi connectivity index (χ0) is 15.2. The van der Waals surface area contributed by atoms with Crippen molar-refractivity contribution in [3.63, 3.8) is 0 Å². The van der Waals surface area contributed by atoms with Gasteiger partial charge in [0.05, 0.1) is 13.2 Å². The number of hydrogen-bond donors (Lipinski definition) is 0. The number of ketones is 1. The molecule has 0 aliphatic carbocycles. The Morgan fingerprint density at radius 1 is 0.955 bits per heavy atom. The van der Waals surface area contributed by atoms with Crippen LogP contribution >= 0.6 is 0 Å². The minimum Gasteiger partial charge on any atom is -0.378 e. The third-order valence-electron chi connectivity index (χ3n) is 3.75. The van der Waals surface area contributed by atoms with Gasteiger partial charge in [0.1, 0.15) is 0 Å². The van der Waals surface area contributed by atoms with E-state index < -0.39 is 0 Å². The van der Waals surface area contributed by atoms with Gasteiger partial charge in [-0.15, -0.1) is 0 Å². The van der Waals surface area contributed by atoms with Crippen LogP contribution in [0.3, 0.4) is 0 Å². The van der Waals surface area contributed by atoms with E-state index in [2.05, 4.69) is 4.90 Å². The van der Waals surface area contributed by atoms with Crippen LogP contribution in [0.1, 0.15) is 15.9 Å². The molecule has 1 fully saturated rings. The first-order chi connectivity index (χ1) is 10.8. The summed E-state index contributed by atoms with van der Waals surface area (Å²) in [6.07, 6.45) is 3.47. The summed E-state index contributed by atoms with van der Waals surface area (Å²) in [5.74, 6) is 0.0254. The number of ether oxygens (including phenoxy) is 1. The third kappa shape index (κ3) is 3.62. The average molecular weight is 293 g/mol. The molecule has 3 rings (SSSR count). The number of carbonyl (C=O) groups is 1. The lowest BCUT2D eigenvalue weighted by Gasteiger charge is -2.28. The smallest absolute Gasteiger partial charge is 0.185 e. The molecule has 0 N–H and O–H groups in total. The lowest BCUT2D eigenvalue weighted by Crippen LogP contribution is -2.36. The van der Waals surface area contributed by atoms with Gasteiger partial charge in [0, 0.05) is 24.3 Å². The molecule has 0 saturated carbocycles. The second-order valence-corrected chi connectivity index (χ2v) is 5.25. The van der Waals surface area contributed by atoms with E-state index >= 15 is 0 Å². The van der Waals surface area contributed by atoms with E-state index in [0.29, 0.717) is 5.56 Å². The molecule has 2 aromatic carbocycles. The zero-order valence-electron chi connectivity index (χ0n) is 12.4. The van der Waals surface area contributed by atoms with Crippen molar-refractivity contribution in [2.75, 3.05) is 31.2 Å². The predicted molar refractivity (Wildman–Crippen MR) is 89.3 cm³/mol. The highest BCUT2D eigenvalue weighted by Crippen LogP contribution is 2.17. The van der Waals surface area contributed by atoms with Gasteiger partial charge in [0.15, 0.2) is 5.78 Å². The van der Waals surface area contributed by atoms with Crippen LogP contribution in [0.5, 0.6) is 0 Å². The summed E-state index contributed by atoms with van der Waals surface area (Å²) >= 11 is 0. The lowest BCUT2D eigenvalue weighted by atomic mass is 10.1. The van der Waals surface area contributed by atoms with Gasteiger partial charge in [-0.3, -0.25) is 4.79 Å². The summed E-state index contributed by atoms with van der Waals surface area (Å²) in [6, 6.07) is 17.6. The van der Waals surface area contributed by atoms with Crippen LogP contribution in [-0.2, 0) is 4.74 Å². The number of hydrogen-bond acceptors (Lipinski definition) is 3. The largest absolute Gasteiger partial charge is 0.378 e. The zero-order valence-corrected chi connectivity index (χ0v) is 12.4. The van der Waals surface area contributed by atoms with Crippen molar-refractivity contribution in [2.45, 2.75) is 0 Å². The second-order valence-electron chi connectivity index (χ2n) is 5.25. The summed E-state index contributed by atoms with van der Waals surface area (Å²) in [7, 11) is 0. The van der Waals surface area contributed by atoms with E-state index in [1.807, 2.05) is 60.7 Å². The molecule has 0 unspecified atom stereocenters. The fourth-order valence-electron chi connectivity index (χ4n) is 2.49. The molecule has 0 radical (unpaired) electrons. The van der Waals surface area contributed by atoms with Crippen LogP contribution in [0.15, 0.2) is 60.7 Å². The van der Waals surface area contributed by atoms with Crippen molar-refractivity contribution < 1.29 is 9.53 Å². The Morgan fingerprint density at radius 2 is 1.64 bits per heavy atom. The molecule has 3 nitrogen and oxygen atoms in total. The van der Waals surface area contributed by atoms with Crippen molar-refractivity contribution in [1.29, 1.82) is 0 Å². The van der Waals surface area contributed by atoms with E-state index in [-0.39, 0.29) is 5.78 Å². The summed E-state index contributed by atoms with van der Waals surface area (Å²) in [6.45, 7) is 3.34. The second kappa shape index (κ2) is 7.05. The van der Waals surface area contributed by atoms with Gasteiger partial charge in [-0.1, -0.05) is 36.4 Å². The molecule has 1 aliphatic rings. The molecule has 0 bridgehead atoms. The fraction of sp³-hybridized carbons (Fsp3) is 0.211. The van der Waals surface area contributed by atoms with Crippen LogP contribution in [0.4, 0.5) is 5.69 Å². The lowest BCUT2D eigenvalue weighted by molar-refractivity contribution is 0.104. The van der Waals surface area contributed by atoms with Crippen LogP contribution in [-0.4, -0.2) is 32.1 Å². The Kier molecular flexibility index (Phi) is 4.66. The summed E-state index contributed by atoms with van der Waals surface area (Å²) < 4.78 is 5.35. The maximum Gasteiger partial charge on any atom is 0.185 e. The summed E-state index contributed by atoms with van der Waals surface area (Å²) in [5, 5.41) is 0. The number of morpholine rings is 1. The predicted octanol–water partition coefficient (Wildman–Crippen LogP) is 3.42. The van der Waals surface area contributed by atoms with Gasteiger partial charge in [-0.05, 0) is 35.9 Å². The van der Waals surface area contributed by atoms with E-state index in [9.17, 15) is 4.79 Å². The average Bonchev–Trinajstić information content (AvgIpc) is 2.61. The molecule has 3 heteroatoms. The van der Waals surface area contributed by atoms with Gasteiger partial charge in [0.25, 0.3) is 0 Å². The van der Waals surface area contributed by atoms with Gasteiger partial charge >= 0.3 is 0 Å². The minimum absolute atomic E-state index is 0.0254. The molecular weight excluding hydrogens is 274 g/mol. The van der Waals surface area contributed by atoms with Gasteiger partial charge in [0.2, 0.25) is 0 Å². The Bertz CT molecular complexity index is 641. The number of benzene rings is 2. The maximum atomic E-state index is 12.2. The van der Waals surface area contributed by atoms with Crippen LogP contribution in [0.2, 0.25) is 0 Å². The van der Waals surface area contributed by atoms with Crippen molar-refractivity contribution in [3.05, 3.63) is 71.8 Å². The molecule has 0 amide bonds. The van der Waals surface area contributed by atoms with Crippen LogP contribution in [0, 0.1) is 0 Å². The molecule has 1 saturated heterocycles. The monoisotopic (exact) mass is 293 g/mol. The normalized spacial score (nSPS) is 15.2. The van der Waals surface area contributed by atoms with Crippen molar-refractivity contribution >= 4 is 17.5 Å². The molecule has 0 atom stereocenters. The Labute approximate surface area is 130 Å². The fourth-order valence-corrected chi connectivity index (χ4v) is 2.49. The van der Waals surface area contributed by atoms with E-state index in [1.165, 1.54) is 0 Å². The molecule has 0 aromatic heterocycles. The number of anilines is 1. The maximum absolute atomic E-state index is 12.2. The van der Waals surface area contributed by atoms with Gasteiger partial charge in [-0.25, -0.2) is 0 Å². The van der Waals surface area contributed by atoms with Gasteiger partial charge < -0.3 is 9.64 Å². The highest BCUT2D eigenvalue weighted by molar-refractivity contribution is 6.06. The highest BCUT2D eigenvalue weighted by Gasteiger charge is 2.11. The van der Waals surface area contributed by atoms with Crippen molar-refractivity contribution in [1.82, 2.24) is 0 Å². The minimum atomic E-state index is 0.0254. The van der Waals surface area contributed by atoms with Crippen molar-refractivity contribution in [3.8, 4) is 0 Å². The first kappa shape index (κ1) is 14.5. The number of allylic oxidation sites excluding steroid dienone is 1. The third-order valence-corrected chi connectivity index (χ3v) is 3.75. The Morgan fingerprint density at radius 3 is 2.32 bits per heavy atom. The summed E-state index contributed by atoms with van der Waals surface area (Å²) in [4.78, 5) is 14.5. The van der Waals surface area contributed by atoms with Gasteiger partial charge in [-0.2, -0.15) is 0 Å². The molecule has 112 valence electrons. The molecule has 1 aliphatic heterocycles. The molecular formula is C19H19NO2. The molecule has 0 spiro atoms. The first-order valence-electron chi connectivity index (χ1n) is 7.53. The number of rotatable bonds is 4. The topological polar surface area (TPSA) is 29.5 Å². The van der Waals surface area contributed by atoms with Crippen LogP contribution in [0.25, 0.3) is 6.08 Å². The van der Waals surface area contributed by atoms with E-state index in [4.69, 9.17) is 4.74 Å². The van der Waals surface area contributed by atoms with E-state index in [0.717, 1.165) is 37.6 Å². The molecule has 22 heavy (non-hydrogen) atoms. The quantitative estimate of drug-likeness (QED) is 0.639. The number of nitrogens with zero attached hydrogens (tertiary/aromatic N) is 1. The SMILES string of the molecule is O=C(/C=C/c1ccccc1)c1ccc(N2CCOCC2)cc1. The molecule has 1 heterocycles. The van der Waals surface area contributed by atoms with E-state index in [1.54, 1.807) is 6.08 Å².